The Kier molecular flexibility index (Phi) is 12.0. The molecule has 0 aliphatic carbocycles. The van der Waals surface area contributed by atoms with Crippen molar-refractivity contribution >= 4 is 41.5 Å². The molecular weight excluding hydrogens is 481 g/mol. The van der Waals surface area contributed by atoms with Gasteiger partial charge in [0.15, 0.2) is 5.96 Å². The minimum absolute atomic E-state index is 0. The van der Waals surface area contributed by atoms with Gasteiger partial charge in [0.1, 0.15) is 18.1 Å². The van der Waals surface area contributed by atoms with Crippen LogP contribution in [0.15, 0.2) is 46.0 Å². The van der Waals surface area contributed by atoms with Crippen LogP contribution < -0.4 is 15.4 Å². The summed E-state index contributed by atoms with van der Waals surface area (Å²) in [6.45, 7) is 5.24. The van der Waals surface area contributed by atoms with Crippen molar-refractivity contribution < 1.29 is 13.9 Å². The van der Waals surface area contributed by atoms with Crippen LogP contribution in [0.2, 0.25) is 5.02 Å². The summed E-state index contributed by atoms with van der Waals surface area (Å²) >= 11 is 5.99. The van der Waals surface area contributed by atoms with Gasteiger partial charge in [-0.25, -0.2) is 4.99 Å². The second kappa shape index (κ2) is 13.7. The highest BCUT2D eigenvalue weighted by atomic mass is 127. The molecule has 2 aromatic rings. The lowest BCUT2D eigenvalue weighted by Gasteiger charge is -2.12. The Morgan fingerprint density at radius 1 is 1.26 bits per heavy atom. The van der Waals surface area contributed by atoms with E-state index in [0.29, 0.717) is 24.8 Å². The average molecular weight is 508 g/mol. The normalized spacial score (nSPS) is 11.0. The van der Waals surface area contributed by atoms with Crippen LogP contribution in [-0.4, -0.2) is 32.8 Å². The van der Waals surface area contributed by atoms with Gasteiger partial charge in [-0.2, -0.15) is 0 Å². The third kappa shape index (κ3) is 8.85. The fourth-order valence-corrected chi connectivity index (χ4v) is 2.47. The predicted molar refractivity (Wildman–Crippen MR) is 119 cm³/mol. The minimum Gasteiger partial charge on any atom is -0.496 e. The number of methoxy groups -OCH3 is 1. The summed E-state index contributed by atoms with van der Waals surface area (Å²) < 4.78 is 16.1. The smallest absolute Gasteiger partial charge is 0.191 e. The highest BCUT2D eigenvalue weighted by molar-refractivity contribution is 14.0. The van der Waals surface area contributed by atoms with E-state index in [-0.39, 0.29) is 24.0 Å². The quantitative estimate of drug-likeness (QED) is 0.218. The molecule has 150 valence electrons. The summed E-state index contributed by atoms with van der Waals surface area (Å²) in [5.41, 5.74) is 0.982. The Balaban J connectivity index is 0.00000364. The van der Waals surface area contributed by atoms with E-state index in [2.05, 4.69) is 15.6 Å². The molecule has 0 aliphatic heterocycles. The van der Waals surface area contributed by atoms with E-state index in [1.807, 2.05) is 31.2 Å². The molecule has 0 saturated carbocycles. The van der Waals surface area contributed by atoms with Gasteiger partial charge in [-0.1, -0.05) is 17.7 Å². The molecule has 0 radical (unpaired) electrons. The number of benzene rings is 1. The summed E-state index contributed by atoms with van der Waals surface area (Å²) in [5.74, 6) is 2.34. The number of aliphatic imine (C=N–C) groups is 1. The molecule has 0 spiro atoms. The lowest BCUT2D eigenvalue weighted by Crippen LogP contribution is -2.38. The highest BCUT2D eigenvalue weighted by Gasteiger charge is 2.04. The molecule has 0 bridgehead atoms. The average Bonchev–Trinajstić information content (AvgIpc) is 3.16. The van der Waals surface area contributed by atoms with E-state index < -0.39 is 0 Å². The van der Waals surface area contributed by atoms with Crippen LogP contribution >= 0.6 is 35.6 Å². The molecule has 0 unspecified atom stereocenters. The van der Waals surface area contributed by atoms with Crippen LogP contribution in [0, 0.1) is 0 Å². The number of ether oxygens (including phenoxy) is 2. The van der Waals surface area contributed by atoms with Gasteiger partial charge < -0.3 is 24.5 Å². The fourth-order valence-electron chi connectivity index (χ4n) is 2.30. The summed E-state index contributed by atoms with van der Waals surface area (Å²) in [5, 5.41) is 7.18. The van der Waals surface area contributed by atoms with E-state index in [4.69, 9.17) is 25.5 Å². The number of furan rings is 1. The first-order chi connectivity index (χ1) is 12.7. The van der Waals surface area contributed by atoms with Crippen molar-refractivity contribution in [3.63, 3.8) is 0 Å². The van der Waals surface area contributed by atoms with Crippen molar-refractivity contribution in [1.29, 1.82) is 0 Å². The number of halogens is 2. The molecule has 0 amide bonds. The van der Waals surface area contributed by atoms with Crippen molar-refractivity contribution in [3.8, 4) is 5.75 Å². The van der Waals surface area contributed by atoms with Gasteiger partial charge in [-0.05, 0) is 37.6 Å². The van der Waals surface area contributed by atoms with E-state index >= 15 is 0 Å². The maximum atomic E-state index is 5.99. The zero-order valence-corrected chi connectivity index (χ0v) is 18.8. The van der Waals surface area contributed by atoms with E-state index in [1.54, 1.807) is 19.4 Å². The Hall–Kier alpha value is -1.45. The molecule has 8 heteroatoms. The first-order valence-corrected chi connectivity index (χ1v) is 9.05. The molecule has 2 N–H and O–H groups in total. The van der Waals surface area contributed by atoms with Crippen LogP contribution in [0.3, 0.4) is 0 Å². The summed E-state index contributed by atoms with van der Waals surface area (Å²) in [7, 11) is 1.63. The summed E-state index contributed by atoms with van der Waals surface area (Å²) in [6, 6.07) is 9.32. The van der Waals surface area contributed by atoms with Gasteiger partial charge in [0.25, 0.3) is 0 Å². The second-order valence-corrected chi connectivity index (χ2v) is 6.00. The van der Waals surface area contributed by atoms with Gasteiger partial charge in [0, 0.05) is 30.3 Å². The maximum Gasteiger partial charge on any atom is 0.191 e. The standard InChI is InChI=1S/C19H26ClN3O3.HI/c1-3-21-19(22-9-5-10-25-14-17-6-4-11-26-17)23-13-15-7-8-16(20)12-18(15)24-2;/h4,6-8,11-12H,3,5,9-10,13-14H2,1-2H3,(H2,21,22,23);1H. The number of nitrogens with one attached hydrogen (secondary N) is 2. The lowest BCUT2D eigenvalue weighted by molar-refractivity contribution is 0.105. The molecule has 0 atom stereocenters. The SMILES string of the molecule is CCNC(=NCc1ccc(Cl)cc1OC)NCCCOCc1ccco1.I. The molecule has 1 aromatic heterocycles. The Morgan fingerprint density at radius 2 is 2.11 bits per heavy atom. The second-order valence-electron chi connectivity index (χ2n) is 5.56. The lowest BCUT2D eigenvalue weighted by atomic mass is 10.2. The number of hydrogen-bond acceptors (Lipinski definition) is 4. The van der Waals surface area contributed by atoms with Crippen LogP contribution in [0.5, 0.6) is 5.75 Å². The monoisotopic (exact) mass is 507 g/mol. The van der Waals surface area contributed by atoms with Crippen LogP contribution in [0.4, 0.5) is 0 Å². The van der Waals surface area contributed by atoms with Gasteiger partial charge >= 0.3 is 0 Å². The number of nitrogens with zero attached hydrogens (tertiary/aromatic N) is 1. The van der Waals surface area contributed by atoms with Crippen molar-refractivity contribution in [1.82, 2.24) is 10.6 Å². The van der Waals surface area contributed by atoms with Gasteiger partial charge in [0.05, 0.1) is 19.9 Å². The molecule has 0 aliphatic rings. The molecule has 1 aromatic carbocycles. The van der Waals surface area contributed by atoms with Gasteiger partial charge in [-0.15, -0.1) is 24.0 Å². The van der Waals surface area contributed by atoms with E-state index in [0.717, 1.165) is 42.5 Å². The molecule has 27 heavy (non-hydrogen) atoms. The fraction of sp³-hybridized carbons (Fsp3) is 0.421. The molecule has 2 rings (SSSR count). The highest BCUT2D eigenvalue weighted by Crippen LogP contribution is 2.23. The van der Waals surface area contributed by atoms with Crippen molar-refractivity contribution in [2.24, 2.45) is 4.99 Å². The zero-order valence-electron chi connectivity index (χ0n) is 15.7. The largest absolute Gasteiger partial charge is 0.496 e. The third-order valence-electron chi connectivity index (χ3n) is 3.58. The summed E-state index contributed by atoms with van der Waals surface area (Å²) in [4.78, 5) is 4.60. The van der Waals surface area contributed by atoms with Gasteiger partial charge in [-0.3, -0.25) is 0 Å². The zero-order chi connectivity index (χ0) is 18.6. The molecule has 0 saturated heterocycles. The first-order valence-electron chi connectivity index (χ1n) is 8.67. The molecule has 1 heterocycles. The maximum absolute atomic E-state index is 5.99. The Morgan fingerprint density at radius 3 is 2.81 bits per heavy atom. The Bertz CT molecular complexity index is 681. The predicted octanol–water partition coefficient (Wildman–Crippen LogP) is 4.22. The number of guanidine groups is 1. The van der Waals surface area contributed by atoms with Crippen LogP contribution in [0.25, 0.3) is 0 Å². The van der Waals surface area contributed by atoms with E-state index in [1.165, 1.54) is 0 Å². The van der Waals surface area contributed by atoms with Crippen molar-refractivity contribution in [2.45, 2.75) is 26.5 Å². The third-order valence-corrected chi connectivity index (χ3v) is 3.82. The minimum atomic E-state index is 0. The van der Waals surface area contributed by atoms with Crippen LogP contribution in [0.1, 0.15) is 24.7 Å². The van der Waals surface area contributed by atoms with Crippen LogP contribution in [-0.2, 0) is 17.9 Å². The van der Waals surface area contributed by atoms with Gasteiger partial charge in [0.2, 0.25) is 0 Å². The van der Waals surface area contributed by atoms with Crippen molar-refractivity contribution in [2.75, 3.05) is 26.8 Å². The topological polar surface area (TPSA) is 68.0 Å². The van der Waals surface area contributed by atoms with E-state index in [9.17, 15) is 0 Å². The summed E-state index contributed by atoms with van der Waals surface area (Å²) in [6.07, 6.45) is 2.52. The number of rotatable bonds is 10. The van der Waals surface area contributed by atoms with Crippen molar-refractivity contribution in [3.05, 3.63) is 52.9 Å². The first kappa shape index (κ1) is 23.6. The number of hydrogen-bond donors (Lipinski definition) is 2. The molecular formula is C19H27ClIN3O3. The molecule has 0 fully saturated rings. The Labute approximate surface area is 182 Å². The molecule has 6 nitrogen and oxygen atoms in total.